The van der Waals surface area contributed by atoms with Crippen LogP contribution in [0.5, 0.6) is 0 Å². The normalized spacial score (nSPS) is 15.0. The second-order valence-corrected chi connectivity index (χ2v) is 8.01. The molecule has 6 nitrogen and oxygen atoms in total. The second kappa shape index (κ2) is 9.01. The molecule has 0 unspecified atom stereocenters. The number of nitrogens with zero attached hydrogens (tertiary/aromatic N) is 2. The van der Waals surface area contributed by atoms with Gasteiger partial charge in [-0.15, -0.1) is 6.58 Å². The maximum Gasteiger partial charge on any atom is 0.240 e. The molecule has 0 heterocycles. The molecule has 1 aliphatic rings. The molecule has 1 aliphatic carbocycles. The van der Waals surface area contributed by atoms with Gasteiger partial charge in [-0.05, 0) is 43.4 Å². The Hall–Kier alpha value is -1.86. The molecule has 0 aliphatic heterocycles. The second-order valence-electron chi connectivity index (χ2n) is 6.29. The van der Waals surface area contributed by atoms with E-state index in [1.807, 2.05) is 25.3 Å². The van der Waals surface area contributed by atoms with E-state index in [-0.39, 0.29) is 6.04 Å². The molecule has 7 heteroatoms. The maximum absolute atomic E-state index is 12.2. The molecule has 1 saturated carbocycles. The van der Waals surface area contributed by atoms with E-state index in [1.165, 1.54) is 0 Å². The van der Waals surface area contributed by atoms with Crippen LogP contribution in [-0.4, -0.2) is 46.0 Å². The van der Waals surface area contributed by atoms with Gasteiger partial charge in [-0.3, -0.25) is 4.99 Å². The summed E-state index contributed by atoms with van der Waals surface area (Å²) >= 11 is 0. The summed E-state index contributed by atoms with van der Waals surface area (Å²) in [6, 6.07) is 7.08. The van der Waals surface area contributed by atoms with Crippen LogP contribution in [0, 0.1) is 0 Å². The Kier molecular flexibility index (Phi) is 7.01. The average molecular weight is 365 g/mol. The van der Waals surface area contributed by atoms with Crippen molar-refractivity contribution in [3.8, 4) is 0 Å². The molecule has 0 bridgehead atoms. The minimum absolute atomic E-state index is 0.117. The molecule has 138 valence electrons. The van der Waals surface area contributed by atoms with Crippen molar-refractivity contribution in [2.75, 3.05) is 20.6 Å². The monoisotopic (exact) mass is 364 g/mol. The number of benzene rings is 1. The number of unbranched alkanes of at least 4 members (excludes halogenated alkanes) is 1. The predicted octanol–water partition coefficient (Wildman–Crippen LogP) is 2.10. The van der Waals surface area contributed by atoms with E-state index in [0.717, 1.165) is 43.8 Å². The van der Waals surface area contributed by atoms with Gasteiger partial charge >= 0.3 is 0 Å². The van der Waals surface area contributed by atoms with Gasteiger partial charge in [-0.25, -0.2) is 13.1 Å². The summed E-state index contributed by atoms with van der Waals surface area (Å²) in [4.78, 5) is 6.66. The lowest BCUT2D eigenvalue weighted by Gasteiger charge is -2.22. The fourth-order valence-corrected chi connectivity index (χ4v) is 3.72. The lowest BCUT2D eigenvalue weighted by atomic mass is 10.2. The Morgan fingerprint density at radius 2 is 2.04 bits per heavy atom. The molecule has 0 radical (unpaired) electrons. The summed E-state index contributed by atoms with van der Waals surface area (Å²) in [6.45, 7) is 5.22. The SMILES string of the molecule is C=CCCCN(C)C(=NC)NCc1ccc(S(=O)(=O)NC2CC2)cc1. The lowest BCUT2D eigenvalue weighted by molar-refractivity contribution is 0.470. The van der Waals surface area contributed by atoms with Crippen molar-refractivity contribution >= 4 is 16.0 Å². The standard InChI is InChI=1S/C18H28N4O2S/c1-4-5-6-13-22(3)18(19-2)20-14-15-7-11-17(12-8-15)25(23,24)21-16-9-10-16/h4,7-8,11-12,16,21H,1,5-6,9-10,13-14H2,2-3H3,(H,19,20). The first-order chi connectivity index (χ1) is 12.0. The molecule has 2 rings (SSSR count). The van der Waals surface area contributed by atoms with Crippen LogP contribution in [0.15, 0.2) is 46.8 Å². The molecular weight excluding hydrogens is 336 g/mol. The van der Waals surface area contributed by atoms with Crippen molar-refractivity contribution in [3.63, 3.8) is 0 Å². The van der Waals surface area contributed by atoms with Crippen molar-refractivity contribution < 1.29 is 8.42 Å². The Labute approximate surface area is 151 Å². The van der Waals surface area contributed by atoms with E-state index in [2.05, 4.69) is 26.5 Å². The number of guanidine groups is 1. The maximum atomic E-state index is 12.2. The minimum atomic E-state index is -3.39. The summed E-state index contributed by atoms with van der Waals surface area (Å²) < 4.78 is 27.0. The van der Waals surface area contributed by atoms with Gasteiger partial charge in [0.05, 0.1) is 4.90 Å². The summed E-state index contributed by atoms with van der Waals surface area (Å²) in [5, 5.41) is 3.30. The topological polar surface area (TPSA) is 73.8 Å². The summed E-state index contributed by atoms with van der Waals surface area (Å²) in [7, 11) is 0.367. The molecular formula is C18H28N4O2S. The van der Waals surface area contributed by atoms with Crippen molar-refractivity contribution in [2.45, 2.75) is 43.2 Å². The predicted molar refractivity (Wildman–Crippen MR) is 102 cm³/mol. The van der Waals surface area contributed by atoms with Crippen LogP contribution < -0.4 is 10.0 Å². The van der Waals surface area contributed by atoms with E-state index in [4.69, 9.17) is 0 Å². The molecule has 0 amide bonds. The summed E-state index contributed by atoms with van der Waals surface area (Å²) in [5.41, 5.74) is 1.01. The Morgan fingerprint density at radius 1 is 1.36 bits per heavy atom. The van der Waals surface area contributed by atoms with Crippen molar-refractivity contribution in [1.82, 2.24) is 14.9 Å². The van der Waals surface area contributed by atoms with Crippen molar-refractivity contribution in [1.29, 1.82) is 0 Å². The molecule has 0 aromatic heterocycles. The molecule has 0 saturated heterocycles. The highest BCUT2D eigenvalue weighted by molar-refractivity contribution is 7.89. The minimum Gasteiger partial charge on any atom is -0.352 e. The Balaban J connectivity index is 1.88. The zero-order valence-corrected chi connectivity index (χ0v) is 15.8. The lowest BCUT2D eigenvalue weighted by Crippen LogP contribution is -2.38. The molecule has 1 aromatic rings. The van der Waals surface area contributed by atoms with Gasteiger partial charge < -0.3 is 10.2 Å². The third-order valence-electron chi connectivity index (χ3n) is 4.06. The number of sulfonamides is 1. The van der Waals surface area contributed by atoms with Crippen LogP contribution in [-0.2, 0) is 16.6 Å². The van der Waals surface area contributed by atoms with E-state index < -0.39 is 10.0 Å². The van der Waals surface area contributed by atoms with Crippen LogP contribution >= 0.6 is 0 Å². The van der Waals surface area contributed by atoms with Gasteiger partial charge in [0.1, 0.15) is 0 Å². The molecule has 25 heavy (non-hydrogen) atoms. The van der Waals surface area contributed by atoms with Gasteiger partial charge in [0.2, 0.25) is 10.0 Å². The number of nitrogens with one attached hydrogen (secondary N) is 2. The first kappa shape index (κ1) is 19.5. The van der Waals surface area contributed by atoms with E-state index in [0.29, 0.717) is 11.4 Å². The quantitative estimate of drug-likeness (QED) is 0.305. The fourth-order valence-electron chi connectivity index (χ4n) is 2.42. The van der Waals surface area contributed by atoms with Crippen molar-refractivity contribution in [3.05, 3.63) is 42.5 Å². The summed E-state index contributed by atoms with van der Waals surface area (Å²) in [5.74, 6) is 0.816. The molecule has 0 atom stereocenters. The van der Waals surface area contributed by atoms with Gasteiger partial charge in [-0.2, -0.15) is 0 Å². The fraction of sp³-hybridized carbons (Fsp3) is 0.500. The number of rotatable bonds is 9. The van der Waals surface area contributed by atoms with E-state index in [9.17, 15) is 8.42 Å². The highest BCUT2D eigenvalue weighted by Gasteiger charge is 2.27. The van der Waals surface area contributed by atoms with Crippen LogP contribution in [0.25, 0.3) is 0 Å². The highest BCUT2D eigenvalue weighted by atomic mass is 32.2. The van der Waals surface area contributed by atoms with E-state index in [1.54, 1.807) is 19.2 Å². The first-order valence-corrected chi connectivity index (χ1v) is 10.1. The average Bonchev–Trinajstić information content (AvgIpc) is 3.39. The number of hydrogen-bond donors (Lipinski definition) is 2. The number of allylic oxidation sites excluding steroid dienone is 1. The third-order valence-corrected chi connectivity index (χ3v) is 5.59. The Morgan fingerprint density at radius 3 is 2.60 bits per heavy atom. The smallest absolute Gasteiger partial charge is 0.240 e. The Bertz CT molecular complexity index is 694. The van der Waals surface area contributed by atoms with Gasteiger partial charge in [-0.1, -0.05) is 18.2 Å². The first-order valence-electron chi connectivity index (χ1n) is 8.60. The zero-order chi connectivity index (χ0) is 18.3. The van der Waals surface area contributed by atoms with Gasteiger partial charge in [0.25, 0.3) is 0 Å². The molecule has 1 fully saturated rings. The van der Waals surface area contributed by atoms with Crippen molar-refractivity contribution in [2.24, 2.45) is 4.99 Å². The largest absolute Gasteiger partial charge is 0.352 e. The van der Waals surface area contributed by atoms with Gasteiger partial charge in [0.15, 0.2) is 5.96 Å². The number of hydrogen-bond acceptors (Lipinski definition) is 3. The third kappa shape index (κ3) is 6.17. The van der Waals surface area contributed by atoms with Crippen LogP contribution in [0.2, 0.25) is 0 Å². The van der Waals surface area contributed by atoms with Gasteiger partial charge in [0, 0.05) is 33.2 Å². The molecule has 0 spiro atoms. The number of aliphatic imine (C=N–C) groups is 1. The van der Waals surface area contributed by atoms with E-state index >= 15 is 0 Å². The zero-order valence-electron chi connectivity index (χ0n) is 15.0. The van der Waals surface area contributed by atoms with Crippen LogP contribution in [0.1, 0.15) is 31.2 Å². The van der Waals surface area contributed by atoms with Crippen LogP contribution in [0.3, 0.4) is 0 Å². The molecule has 2 N–H and O–H groups in total. The van der Waals surface area contributed by atoms with Crippen LogP contribution in [0.4, 0.5) is 0 Å². The molecule has 1 aromatic carbocycles. The highest BCUT2D eigenvalue weighted by Crippen LogP contribution is 2.22. The summed E-state index contributed by atoms with van der Waals surface area (Å²) in [6.07, 6.45) is 5.78.